The molecule has 1 amide bonds. The molecule has 0 saturated carbocycles. The van der Waals surface area contributed by atoms with Crippen molar-refractivity contribution in [2.24, 2.45) is 0 Å². The van der Waals surface area contributed by atoms with E-state index in [2.05, 4.69) is 15.2 Å². The third-order valence-corrected chi connectivity index (χ3v) is 3.27. The van der Waals surface area contributed by atoms with Crippen LogP contribution in [0.2, 0.25) is 0 Å². The first-order valence-electron chi connectivity index (χ1n) is 6.66. The number of hydrogen-bond donors (Lipinski definition) is 0. The maximum atomic E-state index is 11.6. The lowest BCUT2D eigenvalue weighted by Gasteiger charge is -2.09. The fourth-order valence-electron chi connectivity index (χ4n) is 2.03. The van der Waals surface area contributed by atoms with Gasteiger partial charge in [-0.15, -0.1) is 0 Å². The van der Waals surface area contributed by atoms with E-state index in [9.17, 15) is 4.79 Å². The molecule has 0 aromatic carbocycles. The molecule has 0 radical (unpaired) electrons. The van der Waals surface area contributed by atoms with Crippen LogP contribution < -0.4 is 0 Å². The molecule has 3 aromatic rings. The molecular formula is C14H16N6O. The van der Waals surface area contributed by atoms with Crippen molar-refractivity contribution < 1.29 is 4.79 Å². The van der Waals surface area contributed by atoms with Gasteiger partial charge in [0.2, 0.25) is 5.91 Å². The van der Waals surface area contributed by atoms with Crippen LogP contribution in [0.1, 0.15) is 6.42 Å². The van der Waals surface area contributed by atoms with Gasteiger partial charge in [0.1, 0.15) is 0 Å². The zero-order chi connectivity index (χ0) is 14.8. The number of nitrogens with zero attached hydrogens (tertiary/aromatic N) is 6. The first-order chi connectivity index (χ1) is 10.1. The maximum absolute atomic E-state index is 11.6. The Labute approximate surface area is 121 Å². The van der Waals surface area contributed by atoms with Crippen LogP contribution in [0.25, 0.3) is 16.8 Å². The minimum Gasteiger partial charge on any atom is -0.349 e. The zero-order valence-corrected chi connectivity index (χ0v) is 12.0. The molecule has 7 nitrogen and oxygen atoms in total. The van der Waals surface area contributed by atoms with Gasteiger partial charge in [0.25, 0.3) is 0 Å². The molecule has 21 heavy (non-hydrogen) atoms. The molecule has 0 atom stereocenters. The zero-order valence-electron chi connectivity index (χ0n) is 12.0. The monoisotopic (exact) mass is 284 g/mol. The van der Waals surface area contributed by atoms with E-state index in [1.165, 1.54) is 0 Å². The lowest BCUT2D eigenvalue weighted by atomic mass is 10.2. The summed E-state index contributed by atoms with van der Waals surface area (Å²) < 4.78 is 3.49. The Kier molecular flexibility index (Phi) is 3.39. The summed E-state index contributed by atoms with van der Waals surface area (Å²) in [7, 11) is 3.50. The molecule has 3 heterocycles. The molecule has 0 N–H and O–H groups in total. The molecule has 0 bridgehead atoms. The minimum atomic E-state index is 0.0895. The number of fused-ring (bicyclic) bond motifs is 1. The van der Waals surface area contributed by atoms with Crippen molar-refractivity contribution in [3.63, 3.8) is 0 Å². The first kappa shape index (κ1) is 13.3. The van der Waals surface area contributed by atoms with Gasteiger partial charge in [-0.25, -0.2) is 9.50 Å². The molecule has 0 fully saturated rings. The van der Waals surface area contributed by atoms with Gasteiger partial charge >= 0.3 is 0 Å². The SMILES string of the molecule is CN(C)C(=O)CCn1cc(-c2cnc3ccnn3c2)cn1. The predicted octanol–water partition coefficient (Wildman–Crippen LogP) is 1.07. The lowest BCUT2D eigenvalue weighted by Crippen LogP contribution is -2.22. The highest BCUT2D eigenvalue weighted by Crippen LogP contribution is 2.17. The van der Waals surface area contributed by atoms with E-state index in [0.717, 1.165) is 16.8 Å². The summed E-state index contributed by atoms with van der Waals surface area (Å²) >= 11 is 0. The van der Waals surface area contributed by atoms with E-state index in [1.807, 2.05) is 18.5 Å². The van der Waals surface area contributed by atoms with Crippen LogP contribution >= 0.6 is 0 Å². The average Bonchev–Trinajstić information content (AvgIpc) is 3.12. The van der Waals surface area contributed by atoms with Crippen molar-refractivity contribution >= 4 is 11.6 Å². The Balaban J connectivity index is 1.76. The third-order valence-electron chi connectivity index (χ3n) is 3.27. The Hall–Kier alpha value is -2.70. The second-order valence-electron chi connectivity index (χ2n) is 5.01. The summed E-state index contributed by atoms with van der Waals surface area (Å²) in [6, 6.07) is 1.85. The van der Waals surface area contributed by atoms with Crippen LogP contribution in [-0.2, 0) is 11.3 Å². The highest BCUT2D eigenvalue weighted by Gasteiger charge is 2.07. The average molecular weight is 284 g/mol. The number of carbonyl (C=O) groups is 1. The Morgan fingerprint density at radius 3 is 2.81 bits per heavy atom. The summed E-state index contributed by atoms with van der Waals surface area (Å²) in [6.07, 6.45) is 9.53. The maximum Gasteiger partial charge on any atom is 0.223 e. The Morgan fingerprint density at radius 1 is 1.19 bits per heavy atom. The standard InChI is InChI=1S/C14H16N6O/c1-18(2)14(21)4-6-19-9-12(8-17-19)11-7-15-13-3-5-16-20(13)10-11/h3,5,7-10H,4,6H2,1-2H3. The molecule has 0 saturated heterocycles. The van der Waals surface area contributed by atoms with Crippen molar-refractivity contribution in [1.82, 2.24) is 29.3 Å². The highest BCUT2D eigenvalue weighted by molar-refractivity contribution is 5.75. The van der Waals surface area contributed by atoms with Crippen LogP contribution in [0, 0.1) is 0 Å². The van der Waals surface area contributed by atoms with E-state index in [0.29, 0.717) is 13.0 Å². The number of amides is 1. The molecule has 0 aliphatic rings. The summed E-state index contributed by atoms with van der Waals surface area (Å²) in [5.41, 5.74) is 2.70. The third kappa shape index (κ3) is 2.76. The van der Waals surface area contributed by atoms with Crippen molar-refractivity contribution in [3.05, 3.63) is 37.1 Å². The summed E-state index contributed by atoms with van der Waals surface area (Å²) in [5, 5.41) is 8.45. The van der Waals surface area contributed by atoms with E-state index in [-0.39, 0.29) is 5.91 Å². The summed E-state index contributed by atoms with van der Waals surface area (Å²) in [4.78, 5) is 17.5. The molecule has 0 unspecified atom stereocenters. The number of carbonyl (C=O) groups excluding carboxylic acids is 1. The Bertz CT molecular complexity index is 772. The molecule has 0 spiro atoms. The van der Waals surface area contributed by atoms with Crippen LogP contribution in [0.4, 0.5) is 0 Å². The number of rotatable bonds is 4. The quantitative estimate of drug-likeness (QED) is 0.718. The molecule has 0 aliphatic carbocycles. The van der Waals surface area contributed by atoms with Crippen molar-refractivity contribution in [1.29, 1.82) is 0 Å². The number of aryl methyl sites for hydroxylation is 1. The molecular weight excluding hydrogens is 268 g/mol. The number of aromatic nitrogens is 5. The van der Waals surface area contributed by atoms with Crippen molar-refractivity contribution in [2.75, 3.05) is 14.1 Å². The second kappa shape index (κ2) is 5.35. The molecule has 3 aromatic heterocycles. The fraction of sp³-hybridized carbons (Fsp3) is 0.286. The van der Waals surface area contributed by atoms with Gasteiger partial charge in [0.05, 0.1) is 12.4 Å². The van der Waals surface area contributed by atoms with Crippen LogP contribution in [0.3, 0.4) is 0 Å². The molecule has 3 rings (SSSR count). The van der Waals surface area contributed by atoms with Gasteiger partial charge in [0.15, 0.2) is 5.65 Å². The lowest BCUT2D eigenvalue weighted by molar-refractivity contribution is -0.128. The van der Waals surface area contributed by atoms with Gasteiger partial charge in [-0.1, -0.05) is 0 Å². The Morgan fingerprint density at radius 2 is 2.00 bits per heavy atom. The molecule has 108 valence electrons. The van der Waals surface area contributed by atoms with Crippen molar-refractivity contribution in [3.8, 4) is 11.1 Å². The van der Waals surface area contributed by atoms with Gasteiger partial charge in [0, 0.05) is 62.8 Å². The topological polar surface area (TPSA) is 68.3 Å². The molecule has 7 heteroatoms. The van der Waals surface area contributed by atoms with E-state index >= 15 is 0 Å². The van der Waals surface area contributed by atoms with Crippen LogP contribution in [0.5, 0.6) is 0 Å². The van der Waals surface area contributed by atoms with Crippen molar-refractivity contribution in [2.45, 2.75) is 13.0 Å². The fourth-order valence-corrected chi connectivity index (χ4v) is 2.03. The smallest absolute Gasteiger partial charge is 0.223 e. The predicted molar refractivity (Wildman–Crippen MR) is 77.5 cm³/mol. The minimum absolute atomic E-state index is 0.0895. The van der Waals surface area contributed by atoms with E-state index < -0.39 is 0 Å². The molecule has 0 aliphatic heterocycles. The van der Waals surface area contributed by atoms with Crippen LogP contribution in [0.15, 0.2) is 37.1 Å². The normalized spacial score (nSPS) is 11.0. The van der Waals surface area contributed by atoms with Gasteiger partial charge < -0.3 is 4.90 Å². The van der Waals surface area contributed by atoms with E-state index in [1.54, 1.807) is 46.8 Å². The van der Waals surface area contributed by atoms with Gasteiger partial charge in [-0.05, 0) is 0 Å². The van der Waals surface area contributed by atoms with Crippen LogP contribution in [-0.4, -0.2) is 49.3 Å². The van der Waals surface area contributed by atoms with Gasteiger partial charge in [-0.3, -0.25) is 9.48 Å². The largest absolute Gasteiger partial charge is 0.349 e. The second-order valence-corrected chi connectivity index (χ2v) is 5.01. The summed E-state index contributed by atoms with van der Waals surface area (Å²) in [5.74, 6) is 0.0895. The van der Waals surface area contributed by atoms with Gasteiger partial charge in [-0.2, -0.15) is 10.2 Å². The summed E-state index contributed by atoms with van der Waals surface area (Å²) in [6.45, 7) is 0.564. The first-order valence-corrected chi connectivity index (χ1v) is 6.66. The highest BCUT2D eigenvalue weighted by atomic mass is 16.2. The number of hydrogen-bond acceptors (Lipinski definition) is 4. The van der Waals surface area contributed by atoms with E-state index in [4.69, 9.17) is 0 Å².